The number of thiophene rings is 1. The molecule has 0 bridgehead atoms. The van der Waals surface area contributed by atoms with Crippen molar-refractivity contribution in [3.63, 3.8) is 0 Å². The molecule has 0 amide bonds. The molecule has 2 aromatic heterocycles. The van der Waals surface area contributed by atoms with Gasteiger partial charge in [0.05, 0.1) is 22.4 Å². The first-order valence-corrected chi connectivity index (χ1v) is 7.18. The molecule has 0 saturated carbocycles. The normalized spacial score (nSPS) is 13.0. The van der Waals surface area contributed by atoms with Crippen LogP contribution in [0.15, 0.2) is 26.6 Å². The van der Waals surface area contributed by atoms with Gasteiger partial charge in [-0.2, -0.15) is 5.10 Å². The number of nitrogens with one attached hydrogen (secondary N) is 1. The largest absolute Gasteiger partial charge is 0.307 e. The first kappa shape index (κ1) is 12.3. The summed E-state index contributed by atoms with van der Waals surface area (Å²) in [5.74, 6) is 0. The molecular formula is C10H11Br2N3S. The van der Waals surface area contributed by atoms with Crippen molar-refractivity contribution in [2.24, 2.45) is 7.05 Å². The fourth-order valence-electron chi connectivity index (χ4n) is 1.64. The second kappa shape index (κ2) is 5.00. The maximum absolute atomic E-state index is 4.24. The smallest absolute Gasteiger partial charge is 0.0851 e. The third-order valence-electron chi connectivity index (χ3n) is 2.37. The lowest BCUT2D eigenvalue weighted by Crippen LogP contribution is -2.20. The van der Waals surface area contributed by atoms with Crippen molar-refractivity contribution < 1.29 is 0 Å². The standard InChI is InChI=1S/C10H11Br2N3S/c1-13-9(8-3-6(11)5-16-8)10-7(12)4-14-15(10)2/h3-5,9,13H,1-2H3. The fraction of sp³-hybridized carbons (Fsp3) is 0.300. The Hall–Kier alpha value is -0.170. The van der Waals surface area contributed by atoms with Gasteiger partial charge >= 0.3 is 0 Å². The number of hydrogen-bond donors (Lipinski definition) is 1. The van der Waals surface area contributed by atoms with Crippen molar-refractivity contribution in [1.29, 1.82) is 0 Å². The summed E-state index contributed by atoms with van der Waals surface area (Å²) in [5, 5.41) is 9.64. The molecule has 2 aromatic rings. The summed E-state index contributed by atoms with van der Waals surface area (Å²) < 4.78 is 4.03. The SMILES string of the molecule is CNC(c1cc(Br)cs1)c1c(Br)cnn1C. The van der Waals surface area contributed by atoms with Gasteiger partial charge in [-0.05, 0) is 45.0 Å². The molecule has 0 spiro atoms. The summed E-state index contributed by atoms with van der Waals surface area (Å²) in [6, 6.07) is 2.30. The number of halogens is 2. The maximum Gasteiger partial charge on any atom is 0.0851 e. The van der Waals surface area contributed by atoms with Gasteiger partial charge in [-0.25, -0.2) is 0 Å². The van der Waals surface area contributed by atoms with Gasteiger partial charge in [0.15, 0.2) is 0 Å². The lowest BCUT2D eigenvalue weighted by molar-refractivity contribution is 0.611. The Morgan fingerprint density at radius 1 is 1.50 bits per heavy atom. The number of aromatic nitrogens is 2. The van der Waals surface area contributed by atoms with Crippen LogP contribution >= 0.6 is 43.2 Å². The van der Waals surface area contributed by atoms with Gasteiger partial charge in [0.2, 0.25) is 0 Å². The van der Waals surface area contributed by atoms with E-state index in [-0.39, 0.29) is 6.04 Å². The molecule has 0 aromatic carbocycles. The van der Waals surface area contributed by atoms with Crippen LogP contribution in [0.3, 0.4) is 0 Å². The van der Waals surface area contributed by atoms with Gasteiger partial charge in [0.25, 0.3) is 0 Å². The minimum absolute atomic E-state index is 0.165. The van der Waals surface area contributed by atoms with Crippen LogP contribution in [0.5, 0.6) is 0 Å². The first-order chi connectivity index (χ1) is 7.63. The molecule has 2 heterocycles. The van der Waals surface area contributed by atoms with Crippen molar-refractivity contribution in [2.45, 2.75) is 6.04 Å². The Labute approximate surface area is 115 Å². The molecule has 0 aliphatic heterocycles. The molecule has 6 heteroatoms. The minimum atomic E-state index is 0.165. The summed E-state index contributed by atoms with van der Waals surface area (Å²) in [6.45, 7) is 0. The average Bonchev–Trinajstić information content (AvgIpc) is 2.80. The van der Waals surface area contributed by atoms with Gasteiger partial charge in [-0.3, -0.25) is 4.68 Å². The summed E-state index contributed by atoms with van der Waals surface area (Å²) in [5.41, 5.74) is 1.14. The number of hydrogen-bond acceptors (Lipinski definition) is 3. The highest BCUT2D eigenvalue weighted by molar-refractivity contribution is 9.10. The monoisotopic (exact) mass is 363 g/mol. The average molecular weight is 365 g/mol. The Balaban J connectivity index is 2.44. The summed E-state index contributed by atoms with van der Waals surface area (Å²) in [7, 11) is 3.91. The molecule has 1 atom stereocenters. The molecule has 1 unspecified atom stereocenters. The zero-order chi connectivity index (χ0) is 11.7. The van der Waals surface area contributed by atoms with Crippen molar-refractivity contribution >= 4 is 43.2 Å². The quantitative estimate of drug-likeness (QED) is 0.905. The second-order valence-corrected chi connectivity index (χ2v) is 6.10. The van der Waals surface area contributed by atoms with Gasteiger partial charge in [-0.15, -0.1) is 11.3 Å². The third kappa shape index (κ3) is 2.25. The van der Waals surface area contributed by atoms with E-state index in [2.05, 4.69) is 53.7 Å². The fourth-order valence-corrected chi connectivity index (χ4v) is 3.77. The maximum atomic E-state index is 4.24. The minimum Gasteiger partial charge on any atom is -0.307 e. The summed E-state index contributed by atoms with van der Waals surface area (Å²) in [4.78, 5) is 1.26. The van der Waals surface area contributed by atoms with E-state index in [4.69, 9.17) is 0 Å². The Morgan fingerprint density at radius 3 is 2.69 bits per heavy atom. The number of aryl methyl sites for hydroxylation is 1. The van der Waals surface area contributed by atoms with Crippen molar-refractivity contribution in [2.75, 3.05) is 7.05 Å². The van der Waals surface area contributed by atoms with Crippen LogP contribution in [-0.2, 0) is 7.05 Å². The molecular weight excluding hydrogens is 354 g/mol. The molecule has 86 valence electrons. The molecule has 3 nitrogen and oxygen atoms in total. The highest BCUT2D eigenvalue weighted by atomic mass is 79.9. The van der Waals surface area contributed by atoms with Crippen LogP contribution in [0.1, 0.15) is 16.6 Å². The lowest BCUT2D eigenvalue weighted by Gasteiger charge is -2.15. The van der Waals surface area contributed by atoms with Crippen molar-refractivity contribution in [3.8, 4) is 0 Å². The lowest BCUT2D eigenvalue weighted by atomic mass is 10.2. The van der Waals surface area contributed by atoms with E-state index in [9.17, 15) is 0 Å². The molecule has 2 rings (SSSR count). The Morgan fingerprint density at radius 2 is 2.25 bits per heavy atom. The van der Waals surface area contributed by atoms with E-state index in [1.165, 1.54) is 4.88 Å². The molecule has 0 fully saturated rings. The first-order valence-electron chi connectivity index (χ1n) is 4.72. The van der Waals surface area contributed by atoms with Gasteiger partial charge in [-0.1, -0.05) is 0 Å². The van der Waals surface area contributed by atoms with Gasteiger partial charge in [0.1, 0.15) is 0 Å². The van der Waals surface area contributed by atoms with Gasteiger partial charge < -0.3 is 5.32 Å². The molecule has 1 N–H and O–H groups in total. The Bertz CT molecular complexity index is 472. The zero-order valence-corrected chi connectivity index (χ0v) is 12.9. The van der Waals surface area contributed by atoms with Gasteiger partial charge in [0, 0.05) is 21.8 Å². The van der Waals surface area contributed by atoms with Crippen LogP contribution in [0.2, 0.25) is 0 Å². The number of rotatable bonds is 3. The highest BCUT2D eigenvalue weighted by Gasteiger charge is 2.20. The third-order valence-corrected chi connectivity index (χ3v) is 4.74. The summed E-state index contributed by atoms with van der Waals surface area (Å²) >= 11 is 8.74. The van der Waals surface area contributed by atoms with E-state index in [0.717, 1.165) is 14.6 Å². The van der Waals surface area contributed by atoms with E-state index in [1.54, 1.807) is 11.3 Å². The Kier molecular flexibility index (Phi) is 3.84. The molecule has 0 radical (unpaired) electrons. The van der Waals surface area contributed by atoms with E-state index < -0.39 is 0 Å². The van der Waals surface area contributed by atoms with E-state index in [0.29, 0.717) is 0 Å². The van der Waals surface area contributed by atoms with Crippen LogP contribution in [0, 0.1) is 0 Å². The molecule has 16 heavy (non-hydrogen) atoms. The predicted molar refractivity (Wildman–Crippen MR) is 73.8 cm³/mol. The summed E-state index contributed by atoms with van der Waals surface area (Å²) in [6.07, 6.45) is 1.82. The highest BCUT2D eigenvalue weighted by Crippen LogP contribution is 2.32. The topological polar surface area (TPSA) is 29.9 Å². The zero-order valence-electron chi connectivity index (χ0n) is 8.87. The van der Waals surface area contributed by atoms with Crippen LogP contribution in [-0.4, -0.2) is 16.8 Å². The molecule has 0 aliphatic carbocycles. The number of nitrogens with zero attached hydrogens (tertiary/aromatic N) is 2. The van der Waals surface area contributed by atoms with E-state index >= 15 is 0 Å². The predicted octanol–water partition coefficient (Wildman–Crippen LogP) is 3.32. The second-order valence-electron chi connectivity index (χ2n) is 3.39. The van der Waals surface area contributed by atoms with Crippen molar-refractivity contribution in [1.82, 2.24) is 15.1 Å². The van der Waals surface area contributed by atoms with E-state index in [1.807, 2.05) is 25.0 Å². The molecule has 0 saturated heterocycles. The molecule has 0 aliphatic rings. The van der Waals surface area contributed by atoms with Crippen LogP contribution < -0.4 is 5.32 Å². The van der Waals surface area contributed by atoms with Crippen molar-refractivity contribution in [3.05, 3.63) is 37.2 Å². The van der Waals surface area contributed by atoms with Crippen LogP contribution in [0.25, 0.3) is 0 Å². The van der Waals surface area contributed by atoms with Crippen LogP contribution in [0.4, 0.5) is 0 Å².